The Kier molecular flexibility index (Phi) is 7.76. The molecule has 2 aliphatic heterocycles. The second kappa shape index (κ2) is 10.8. The molecule has 0 saturated carbocycles. The van der Waals surface area contributed by atoms with Crippen LogP contribution in [-0.4, -0.2) is 69.6 Å². The summed E-state index contributed by atoms with van der Waals surface area (Å²) in [5.74, 6) is -0.687. The van der Waals surface area contributed by atoms with Crippen molar-refractivity contribution < 1.29 is 18.0 Å². The molecule has 0 spiro atoms. The molecule has 0 bridgehead atoms. The van der Waals surface area contributed by atoms with Gasteiger partial charge in [0, 0.05) is 57.1 Å². The maximum atomic E-state index is 12.8. The van der Waals surface area contributed by atoms with Crippen LogP contribution in [0.1, 0.15) is 24.0 Å². The maximum Gasteiger partial charge on any atom is 0.227 e. The smallest absolute Gasteiger partial charge is 0.227 e. The Bertz CT molecular complexity index is 1160. The van der Waals surface area contributed by atoms with Crippen molar-refractivity contribution in [1.29, 1.82) is 0 Å². The zero-order valence-electron chi connectivity index (χ0n) is 20.4. The number of aryl methyl sites for hydroxylation is 2. The minimum atomic E-state index is -3.37. The van der Waals surface area contributed by atoms with E-state index in [9.17, 15) is 18.0 Å². The Morgan fingerprint density at radius 3 is 2.37 bits per heavy atom. The number of carbonyl (C=O) groups is 2. The number of nitrogens with one attached hydrogen (secondary N) is 1. The molecule has 2 fully saturated rings. The highest BCUT2D eigenvalue weighted by molar-refractivity contribution is 7.89. The van der Waals surface area contributed by atoms with E-state index in [-0.39, 0.29) is 30.5 Å². The van der Waals surface area contributed by atoms with Crippen molar-refractivity contribution in [1.82, 2.24) is 9.62 Å². The van der Waals surface area contributed by atoms with Crippen molar-refractivity contribution in [3.05, 3.63) is 59.7 Å². The zero-order chi connectivity index (χ0) is 25.0. The Labute approximate surface area is 207 Å². The van der Waals surface area contributed by atoms with E-state index < -0.39 is 15.9 Å². The standard InChI is InChI=1S/C26H34N4O4S/c1-20-9-10-24(17-21(20)2)30-19-22(18-25(30)31)26(32)27-11-6-16-35(33,34)29-14-12-28(13-15-29)23-7-4-3-5-8-23/h3-5,7-10,17,22H,6,11-16,18-19H2,1-2H3,(H,27,32). The van der Waals surface area contributed by atoms with E-state index in [2.05, 4.69) is 10.2 Å². The van der Waals surface area contributed by atoms with Crippen LogP contribution in [0.25, 0.3) is 0 Å². The number of hydrogen-bond donors (Lipinski definition) is 1. The SMILES string of the molecule is Cc1ccc(N2CC(C(=O)NCCCS(=O)(=O)N3CCN(c4ccccc4)CC3)CC2=O)cc1C. The average Bonchev–Trinajstić information content (AvgIpc) is 3.26. The lowest BCUT2D eigenvalue weighted by Crippen LogP contribution is -2.49. The summed E-state index contributed by atoms with van der Waals surface area (Å²) >= 11 is 0. The van der Waals surface area contributed by atoms with Crippen molar-refractivity contribution in [2.75, 3.05) is 54.8 Å². The van der Waals surface area contributed by atoms with Gasteiger partial charge in [0.2, 0.25) is 21.8 Å². The van der Waals surface area contributed by atoms with Crippen molar-refractivity contribution in [3.63, 3.8) is 0 Å². The van der Waals surface area contributed by atoms with E-state index in [1.54, 1.807) is 9.21 Å². The maximum absolute atomic E-state index is 12.8. The minimum absolute atomic E-state index is 0.00299. The van der Waals surface area contributed by atoms with Gasteiger partial charge < -0.3 is 15.1 Å². The molecule has 35 heavy (non-hydrogen) atoms. The van der Waals surface area contributed by atoms with Gasteiger partial charge in [-0.05, 0) is 55.7 Å². The number of sulfonamides is 1. The van der Waals surface area contributed by atoms with E-state index >= 15 is 0 Å². The number of benzene rings is 2. The van der Waals surface area contributed by atoms with Gasteiger partial charge >= 0.3 is 0 Å². The number of para-hydroxylation sites is 1. The predicted octanol–water partition coefficient (Wildman–Crippen LogP) is 2.31. The number of hydrogen-bond acceptors (Lipinski definition) is 5. The van der Waals surface area contributed by atoms with Gasteiger partial charge in [-0.1, -0.05) is 24.3 Å². The van der Waals surface area contributed by atoms with Crippen molar-refractivity contribution in [3.8, 4) is 0 Å². The van der Waals surface area contributed by atoms with Crippen molar-refractivity contribution in [2.24, 2.45) is 5.92 Å². The highest BCUT2D eigenvalue weighted by Crippen LogP contribution is 2.27. The molecule has 2 heterocycles. The molecule has 2 saturated heterocycles. The predicted molar refractivity (Wildman–Crippen MR) is 138 cm³/mol. The summed E-state index contributed by atoms with van der Waals surface area (Å²) < 4.78 is 27.1. The van der Waals surface area contributed by atoms with Crippen LogP contribution in [-0.2, 0) is 19.6 Å². The molecule has 0 radical (unpaired) electrons. The summed E-state index contributed by atoms with van der Waals surface area (Å²) in [7, 11) is -3.37. The molecule has 188 valence electrons. The molecule has 4 rings (SSSR count). The van der Waals surface area contributed by atoms with E-state index in [1.807, 2.05) is 62.4 Å². The number of nitrogens with zero attached hydrogens (tertiary/aromatic N) is 3. The summed E-state index contributed by atoms with van der Waals surface area (Å²) in [5, 5.41) is 2.83. The van der Waals surface area contributed by atoms with Crippen LogP contribution in [0.3, 0.4) is 0 Å². The summed E-state index contributed by atoms with van der Waals surface area (Å²) in [6.45, 7) is 6.88. The summed E-state index contributed by atoms with van der Waals surface area (Å²) in [4.78, 5) is 29.0. The highest BCUT2D eigenvalue weighted by Gasteiger charge is 2.35. The lowest BCUT2D eigenvalue weighted by atomic mass is 10.1. The molecule has 2 aromatic rings. The van der Waals surface area contributed by atoms with Gasteiger partial charge in [-0.3, -0.25) is 9.59 Å². The van der Waals surface area contributed by atoms with Crippen LogP contribution in [0.15, 0.2) is 48.5 Å². The Hall–Kier alpha value is -2.91. The Balaban J connectivity index is 1.20. The molecule has 0 aromatic heterocycles. The van der Waals surface area contributed by atoms with Gasteiger partial charge in [0.1, 0.15) is 0 Å². The third kappa shape index (κ3) is 6.02. The molecule has 2 aliphatic rings. The van der Waals surface area contributed by atoms with Gasteiger partial charge in [0.05, 0.1) is 11.7 Å². The summed E-state index contributed by atoms with van der Waals surface area (Å²) in [6, 6.07) is 15.9. The van der Waals surface area contributed by atoms with Gasteiger partial charge in [-0.15, -0.1) is 0 Å². The first-order valence-electron chi connectivity index (χ1n) is 12.2. The van der Waals surface area contributed by atoms with Crippen molar-refractivity contribution in [2.45, 2.75) is 26.7 Å². The number of anilines is 2. The fourth-order valence-corrected chi connectivity index (χ4v) is 6.12. The first kappa shape index (κ1) is 25.2. The Morgan fingerprint density at radius 2 is 1.69 bits per heavy atom. The van der Waals surface area contributed by atoms with Crippen LogP contribution in [0.4, 0.5) is 11.4 Å². The average molecular weight is 499 g/mol. The Morgan fingerprint density at radius 1 is 0.971 bits per heavy atom. The molecule has 2 amide bonds. The molecule has 2 aromatic carbocycles. The van der Waals surface area contributed by atoms with E-state index in [0.29, 0.717) is 39.1 Å². The number of carbonyl (C=O) groups excluding carboxylic acids is 2. The molecule has 1 atom stereocenters. The molecular weight excluding hydrogens is 464 g/mol. The van der Waals surface area contributed by atoms with Gasteiger partial charge in [0.25, 0.3) is 0 Å². The fourth-order valence-electron chi connectivity index (χ4n) is 4.63. The van der Waals surface area contributed by atoms with Crippen LogP contribution in [0.5, 0.6) is 0 Å². The number of amides is 2. The van der Waals surface area contributed by atoms with Crippen LogP contribution in [0, 0.1) is 19.8 Å². The third-order valence-electron chi connectivity index (χ3n) is 6.93. The molecular formula is C26H34N4O4S. The largest absolute Gasteiger partial charge is 0.369 e. The molecule has 1 N–H and O–H groups in total. The molecule has 1 unspecified atom stereocenters. The topological polar surface area (TPSA) is 90.0 Å². The van der Waals surface area contributed by atoms with E-state index in [0.717, 1.165) is 22.5 Å². The number of piperazine rings is 1. The lowest BCUT2D eigenvalue weighted by Gasteiger charge is -2.35. The minimum Gasteiger partial charge on any atom is -0.369 e. The van der Waals surface area contributed by atoms with Crippen LogP contribution in [0.2, 0.25) is 0 Å². The summed E-state index contributed by atoms with van der Waals surface area (Å²) in [5.41, 5.74) is 4.18. The quantitative estimate of drug-likeness (QED) is 0.564. The van der Waals surface area contributed by atoms with Crippen molar-refractivity contribution >= 4 is 33.2 Å². The highest BCUT2D eigenvalue weighted by atomic mass is 32.2. The summed E-state index contributed by atoms with van der Waals surface area (Å²) in [6.07, 6.45) is 0.511. The normalized spacial score (nSPS) is 19.3. The van der Waals surface area contributed by atoms with Gasteiger partial charge in [-0.25, -0.2) is 8.42 Å². The van der Waals surface area contributed by atoms with Crippen LogP contribution < -0.4 is 15.1 Å². The van der Waals surface area contributed by atoms with Crippen LogP contribution >= 0.6 is 0 Å². The van der Waals surface area contributed by atoms with E-state index in [4.69, 9.17) is 0 Å². The van der Waals surface area contributed by atoms with Gasteiger partial charge in [-0.2, -0.15) is 4.31 Å². The van der Waals surface area contributed by atoms with Gasteiger partial charge in [0.15, 0.2) is 0 Å². The first-order chi connectivity index (χ1) is 16.7. The second-order valence-electron chi connectivity index (χ2n) is 9.36. The monoisotopic (exact) mass is 498 g/mol. The molecule has 0 aliphatic carbocycles. The zero-order valence-corrected chi connectivity index (χ0v) is 21.3. The number of rotatable bonds is 8. The second-order valence-corrected chi connectivity index (χ2v) is 11.4. The first-order valence-corrected chi connectivity index (χ1v) is 13.8. The van der Waals surface area contributed by atoms with E-state index in [1.165, 1.54) is 0 Å². The fraction of sp³-hybridized carbons (Fsp3) is 0.462. The molecule has 9 heteroatoms. The lowest BCUT2D eigenvalue weighted by molar-refractivity contribution is -0.126. The third-order valence-corrected chi connectivity index (χ3v) is 8.89. The molecule has 8 nitrogen and oxygen atoms in total.